The van der Waals surface area contributed by atoms with Crippen LogP contribution in [0.1, 0.15) is 25.3 Å². The van der Waals surface area contributed by atoms with Crippen molar-refractivity contribution in [2.75, 3.05) is 12.4 Å². The Morgan fingerprint density at radius 3 is 2.68 bits per heavy atom. The number of sulfonamides is 1. The Balaban J connectivity index is 1.56. The maximum Gasteiger partial charge on any atom is 0.286 e. The second kappa shape index (κ2) is 8.43. The zero-order valence-corrected chi connectivity index (χ0v) is 16.6. The molecule has 0 saturated carbocycles. The van der Waals surface area contributed by atoms with Gasteiger partial charge >= 0.3 is 0 Å². The van der Waals surface area contributed by atoms with Gasteiger partial charge in [0.1, 0.15) is 16.5 Å². The molecule has 2 N–H and O–H groups in total. The fourth-order valence-electron chi connectivity index (χ4n) is 3.09. The molecule has 1 aliphatic rings. The maximum atomic E-state index is 12.3. The van der Waals surface area contributed by atoms with Gasteiger partial charge in [0.25, 0.3) is 10.0 Å². The minimum absolute atomic E-state index is 0.0793. The predicted molar refractivity (Wildman–Crippen MR) is 108 cm³/mol. The normalized spacial score (nSPS) is 15.6. The van der Waals surface area contributed by atoms with Crippen molar-refractivity contribution in [2.45, 2.75) is 31.2 Å². The van der Waals surface area contributed by atoms with Crippen molar-refractivity contribution in [1.82, 2.24) is 5.32 Å². The third-order valence-corrected chi connectivity index (χ3v) is 5.79. The number of amides is 1. The van der Waals surface area contributed by atoms with E-state index in [1.807, 2.05) is 31.2 Å². The first kappa shape index (κ1) is 19.9. The molecule has 0 spiro atoms. The number of hydrogen-bond donors (Lipinski definition) is 2. The van der Waals surface area contributed by atoms with Crippen molar-refractivity contribution in [2.24, 2.45) is 10.3 Å². The third-order valence-electron chi connectivity index (χ3n) is 4.42. The fourth-order valence-corrected chi connectivity index (χ4v) is 4.25. The largest absolute Gasteiger partial charge is 0.496 e. The molecule has 2 aromatic rings. The Kier molecular flexibility index (Phi) is 5.99. The lowest BCUT2D eigenvalue weighted by atomic mass is 10.0. The summed E-state index contributed by atoms with van der Waals surface area (Å²) in [4.78, 5) is 12.4. The Bertz CT molecular complexity index is 1000. The summed E-state index contributed by atoms with van der Waals surface area (Å²) in [5.74, 6) is 0.881. The second-order valence-electron chi connectivity index (χ2n) is 6.74. The average molecular weight is 401 g/mol. The molecule has 148 valence electrons. The molecule has 0 radical (unpaired) electrons. The first-order valence-electron chi connectivity index (χ1n) is 8.97. The van der Waals surface area contributed by atoms with E-state index in [0.29, 0.717) is 24.5 Å². The first-order valence-corrected chi connectivity index (χ1v) is 10.4. The van der Waals surface area contributed by atoms with Crippen LogP contribution in [0, 0.1) is 5.92 Å². The molecule has 1 aliphatic heterocycles. The number of ether oxygens (including phenoxy) is 1. The fraction of sp³-hybridized carbons (Fsp3) is 0.300. The minimum atomic E-state index is -3.71. The van der Waals surface area contributed by atoms with E-state index in [-0.39, 0.29) is 23.1 Å². The number of nitrogens with one attached hydrogen (secondary N) is 2. The number of rotatable bonds is 7. The van der Waals surface area contributed by atoms with Gasteiger partial charge in [-0.1, -0.05) is 37.3 Å². The lowest BCUT2D eigenvalue weighted by Gasteiger charge is -2.20. The number of anilines is 1. The maximum absolute atomic E-state index is 12.3. The highest BCUT2D eigenvalue weighted by molar-refractivity contribution is 7.90. The summed E-state index contributed by atoms with van der Waals surface area (Å²) >= 11 is 0. The highest BCUT2D eigenvalue weighted by atomic mass is 32.2. The van der Waals surface area contributed by atoms with Gasteiger partial charge in [0.2, 0.25) is 5.91 Å². The molecule has 1 heterocycles. The van der Waals surface area contributed by atoms with Crippen LogP contribution in [0.3, 0.4) is 0 Å². The quantitative estimate of drug-likeness (QED) is 0.744. The number of para-hydroxylation sites is 2. The molecule has 0 bridgehead atoms. The second-order valence-corrected chi connectivity index (χ2v) is 8.31. The van der Waals surface area contributed by atoms with Crippen LogP contribution in [-0.2, 0) is 21.4 Å². The van der Waals surface area contributed by atoms with Crippen molar-refractivity contribution >= 4 is 27.5 Å². The first-order chi connectivity index (χ1) is 13.4. The van der Waals surface area contributed by atoms with Crippen LogP contribution in [0.2, 0.25) is 0 Å². The zero-order chi connectivity index (χ0) is 20.1. The van der Waals surface area contributed by atoms with E-state index in [1.165, 1.54) is 6.07 Å². The summed E-state index contributed by atoms with van der Waals surface area (Å²) in [5, 5.41) is 5.93. The van der Waals surface area contributed by atoms with Crippen molar-refractivity contribution in [3.05, 3.63) is 54.1 Å². The highest BCUT2D eigenvalue weighted by Gasteiger charge is 2.25. The van der Waals surface area contributed by atoms with Gasteiger partial charge < -0.3 is 15.4 Å². The van der Waals surface area contributed by atoms with Crippen LogP contribution in [0.25, 0.3) is 0 Å². The van der Waals surface area contributed by atoms with Crippen molar-refractivity contribution < 1.29 is 17.9 Å². The van der Waals surface area contributed by atoms with E-state index >= 15 is 0 Å². The zero-order valence-electron chi connectivity index (χ0n) is 15.8. The van der Waals surface area contributed by atoms with Gasteiger partial charge in [0.05, 0.1) is 12.8 Å². The van der Waals surface area contributed by atoms with Crippen LogP contribution < -0.4 is 15.4 Å². The Labute approximate surface area is 164 Å². The molecule has 0 saturated heterocycles. The van der Waals surface area contributed by atoms with E-state index in [9.17, 15) is 13.2 Å². The summed E-state index contributed by atoms with van der Waals surface area (Å²) in [6.07, 6.45) is 0.618. The molecular formula is C20H23N3O4S. The van der Waals surface area contributed by atoms with Crippen LogP contribution in [0.5, 0.6) is 5.75 Å². The van der Waals surface area contributed by atoms with E-state index < -0.39 is 10.0 Å². The lowest BCUT2D eigenvalue weighted by Crippen LogP contribution is -2.27. The number of carbonyl (C=O) groups excluding carboxylic acids is 1. The van der Waals surface area contributed by atoms with E-state index in [4.69, 9.17) is 4.74 Å². The predicted octanol–water partition coefficient (Wildman–Crippen LogP) is 2.94. The molecule has 3 rings (SSSR count). The molecule has 0 aliphatic carbocycles. The van der Waals surface area contributed by atoms with Gasteiger partial charge in [0.15, 0.2) is 0 Å². The number of methoxy groups -OCH3 is 1. The summed E-state index contributed by atoms with van der Waals surface area (Å²) in [6, 6.07) is 14.1. The van der Waals surface area contributed by atoms with Crippen LogP contribution in [-0.4, -0.2) is 27.3 Å². The number of carbonyl (C=O) groups is 1. The lowest BCUT2D eigenvalue weighted by molar-refractivity contribution is -0.122. The number of nitrogens with zero attached hydrogens (tertiary/aromatic N) is 1. The summed E-state index contributed by atoms with van der Waals surface area (Å²) in [6.45, 7) is 2.26. The SMILES string of the molecule is COc1ccccc1CNC(=O)C[C@@H](C)CC1=NS(=O)(=O)c2ccccc2N1. The van der Waals surface area contributed by atoms with Crippen molar-refractivity contribution in [3.8, 4) is 5.75 Å². The number of fused-ring (bicyclic) bond motifs is 1. The summed E-state index contributed by atoms with van der Waals surface area (Å²) < 4.78 is 33.7. The van der Waals surface area contributed by atoms with Gasteiger partial charge in [0, 0.05) is 24.9 Å². The van der Waals surface area contributed by atoms with Gasteiger partial charge in [-0.05, 0) is 24.1 Å². The molecule has 7 nitrogen and oxygen atoms in total. The highest BCUT2D eigenvalue weighted by Crippen LogP contribution is 2.28. The Morgan fingerprint density at radius 1 is 1.18 bits per heavy atom. The molecule has 0 aromatic heterocycles. The molecule has 1 amide bonds. The van der Waals surface area contributed by atoms with Crippen molar-refractivity contribution in [1.29, 1.82) is 0 Å². The Hall–Kier alpha value is -2.87. The summed E-state index contributed by atoms with van der Waals surface area (Å²) in [7, 11) is -2.12. The molecule has 0 unspecified atom stereocenters. The van der Waals surface area contributed by atoms with Gasteiger partial charge in [-0.3, -0.25) is 4.79 Å². The monoisotopic (exact) mass is 401 g/mol. The third kappa shape index (κ3) is 4.69. The molecule has 8 heteroatoms. The summed E-state index contributed by atoms with van der Waals surface area (Å²) in [5.41, 5.74) is 1.41. The Morgan fingerprint density at radius 2 is 1.89 bits per heavy atom. The van der Waals surface area contributed by atoms with Gasteiger partial charge in [-0.2, -0.15) is 8.42 Å². The minimum Gasteiger partial charge on any atom is -0.496 e. The standard InChI is InChI=1S/C20H23N3O4S/c1-14(12-20(24)21-13-15-7-3-5-9-17(15)27-2)11-19-22-16-8-4-6-10-18(16)28(25,26)23-19/h3-10,14H,11-13H2,1-2H3,(H,21,24)(H,22,23)/t14-/m0/s1. The van der Waals surface area contributed by atoms with Gasteiger partial charge in [-0.15, -0.1) is 4.40 Å². The topological polar surface area (TPSA) is 96.9 Å². The van der Waals surface area contributed by atoms with E-state index in [2.05, 4.69) is 15.0 Å². The molecule has 2 aromatic carbocycles. The van der Waals surface area contributed by atoms with Crippen LogP contribution >= 0.6 is 0 Å². The molecule has 28 heavy (non-hydrogen) atoms. The molecular weight excluding hydrogens is 378 g/mol. The average Bonchev–Trinajstić information content (AvgIpc) is 2.66. The number of amidine groups is 1. The van der Waals surface area contributed by atoms with Crippen LogP contribution in [0.15, 0.2) is 57.8 Å². The smallest absolute Gasteiger partial charge is 0.286 e. The molecule has 0 fully saturated rings. The molecule has 1 atom stereocenters. The van der Waals surface area contributed by atoms with Gasteiger partial charge in [-0.25, -0.2) is 0 Å². The number of hydrogen-bond acceptors (Lipinski definition) is 5. The van der Waals surface area contributed by atoms with E-state index in [0.717, 1.165) is 11.3 Å². The van der Waals surface area contributed by atoms with Crippen LogP contribution in [0.4, 0.5) is 5.69 Å². The van der Waals surface area contributed by atoms with Crippen molar-refractivity contribution in [3.63, 3.8) is 0 Å². The van der Waals surface area contributed by atoms with E-state index in [1.54, 1.807) is 25.3 Å². The number of benzene rings is 2.